The molecule has 16 heavy (non-hydrogen) atoms. The molecule has 4 N–H and O–H groups in total. The van der Waals surface area contributed by atoms with E-state index in [9.17, 15) is 9.90 Å². The third-order valence-corrected chi connectivity index (χ3v) is 2.05. The topological polar surface area (TPSA) is 75.4 Å². The highest BCUT2D eigenvalue weighted by Gasteiger charge is 1.95. The maximum absolute atomic E-state index is 10.6. The molecule has 86 valence electrons. The largest absolute Gasteiger partial charge is 0.506 e. The van der Waals surface area contributed by atoms with E-state index >= 15 is 0 Å². The predicted molar refractivity (Wildman–Crippen MR) is 64.9 cm³/mol. The second-order valence-electron chi connectivity index (χ2n) is 3.49. The average Bonchev–Trinajstić information content (AvgIpc) is 2.22. The molecule has 0 aliphatic rings. The Morgan fingerprint density at radius 1 is 1.56 bits per heavy atom. The highest BCUT2D eigenvalue weighted by molar-refractivity contribution is 5.72. The van der Waals surface area contributed by atoms with Crippen LogP contribution in [0.3, 0.4) is 0 Å². The van der Waals surface area contributed by atoms with Crippen LogP contribution < -0.4 is 11.1 Å². The first-order valence-corrected chi connectivity index (χ1v) is 5.09. The molecule has 0 fully saturated rings. The van der Waals surface area contributed by atoms with Gasteiger partial charge in [-0.25, -0.2) is 0 Å². The molecule has 0 atom stereocenters. The van der Waals surface area contributed by atoms with E-state index in [0.29, 0.717) is 12.2 Å². The molecule has 0 unspecified atom stereocenters. The smallest absolute Gasteiger partial charge is 0.216 e. The Morgan fingerprint density at radius 2 is 2.31 bits per heavy atom. The molecule has 0 aromatic heterocycles. The van der Waals surface area contributed by atoms with Gasteiger partial charge in [-0.2, -0.15) is 0 Å². The molecule has 1 amide bonds. The van der Waals surface area contributed by atoms with Crippen molar-refractivity contribution >= 4 is 17.7 Å². The number of amides is 1. The monoisotopic (exact) mass is 220 g/mol. The number of nitrogens with two attached hydrogens (primary N) is 1. The first-order chi connectivity index (χ1) is 7.59. The van der Waals surface area contributed by atoms with Gasteiger partial charge in [0.1, 0.15) is 5.75 Å². The van der Waals surface area contributed by atoms with Crippen molar-refractivity contribution in [3.63, 3.8) is 0 Å². The molecule has 0 heterocycles. The van der Waals surface area contributed by atoms with E-state index in [1.807, 2.05) is 18.2 Å². The molecule has 4 nitrogen and oxygen atoms in total. The number of hydrogen-bond acceptors (Lipinski definition) is 3. The van der Waals surface area contributed by atoms with Gasteiger partial charge in [0.15, 0.2) is 0 Å². The summed E-state index contributed by atoms with van der Waals surface area (Å²) in [6.07, 6.45) is 4.56. The number of rotatable bonds is 4. The summed E-state index contributed by atoms with van der Waals surface area (Å²) in [5.41, 5.74) is 6.73. The standard InChI is InChI=1S/C12H16N2O2/c1-9(15)14-7-3-2-4-10-5-6-11(13)12(16)8-10/h2,4-6,8,16H,3,7,13H2,1H3,(H,14,15). The van der Waals surface area contributed by atoms with Crippen molar-refractivity contribution in [2.24, 2.45) is 0 Å². The number of anilines is 1. The van der Waals surface area contributed by atoms with E-state index in [1.54, 1.807) is 12.1 Å². The van der Waals surface area contributed by atoms with E-state index < -0.39 is 0 Å². The van der Waals surface area contributed by atoms with Gasteiger partial charge in [-0.1, -0.05) is 18.2 Å². The molecule has 0 radical (unpaired) electrons. The number of nitrogens with one attached hydrogen (secondary N) is 1. The molecule has 0 spiro atoms. The molecular weight excluding hydrogens is 204 g/mol. The van der Waals surface area contributed by atoms with Gasteiger partial charge in [-0.15, -0.1) is 0 Å². The van der Waals surface area contributed by atoms with Crippen molar-refractivity contribution < 1.29 is 9.90 Å². The second-order valence-corrected chi connectivity index (χ2v) is 3.49. The van der Waals surface area contributed by atoms with Crippen LogP contribution in [-0.4, -0.2) is 17.6 Å². The molecule has 0 saturated carbocycles. The van der Waals surface area contributed by atoms with E-state index in [2.05, 4.69) is 5.32 Å². The zero-order valence-electron chi connectivity index (χ0n) is 9.23. The maximum atomic E-state index is 10.6. The Balaban J connectivity index is 2.44. The first-order valence-electron chi connectivity index (χ1n) is 5.09. The van der Waals surface area contributed by atoms with Crippen LogP contribution >= 0.6 is 0 Å². The minimum atomic E-state index is -0.0291. The number of aromatic hydroxyl groups is 1. The number of carbonyl (C=O) groups is 1. The summed E-state index contributed by atoms with van der Waals surface area (Å²) in [5, 5.41) is 12.1. The lowest BCUT2D eigenvalue weighted by Crippen LogP contribution is -2.20. The fraction of sp³-hybridized carbons (Fsp3) is 0.250. The summed E-state index contributed by atoms with van der Waals surface area (Å²) in [6, 6.07) is 5.08. The van der Waals surface area contributed by atoms with E-state index in [-0.39, 0.29) is 11.7 Å². The Bertz CT molecular complexity index is 400. The van der Waals surface area contributed by atoms with Crippen LogP contribution in [0.2, 0.25) is 0 Å². The molecular formula is C12H16N2O2. The van der Waals surface area contributed by atoms with Crippen molar-refractivity contribution in [2.75, 3.05) is 12.3 Å². The van der Waals surface area contributed by atoms with Crippen molar-refractivity contribution in [3.05, 3.63) is 29.8 Å². The molecule has 0 bridgehead atoms. The van der Waals surface area contributed by atoms with Crippen LogP contribution in [0.1, 0.15) is 18.9 Å². The van der Waals surface area contributed by atoms with Crippen LogP contribution in [0.4, 0.5) is 5.69 Å². The minimum absolute atomic E-state index is 0.0291. The first kappa shape index (κ1) is 12.1. The van der Waals surface area contributed by atoms with Crippen LogP contribution in [0.15, 0.2) is 24.3 Å². The van der Waals surface area contributed by atoms with Gasteiger partial charge < -0.3 is 16.2 Å². The zero-order chi connectivity index (χ0) is 12.0. The number of benzene rings is 1. The summed E-state index contributed by atoms with van der Waals surface area (Å²) >= 11 is 0. The Hall–Kier alpha value is -1.97. The van der Waals surface area contributed by atoms with E-state index in [1.165, 1.54) is 6.92 Å². The Kier molecular flexibility index (Phi) is 4.39. The molecule has 4 heteroatoms. The maximum Gasteiger partial charge on any atom is 0.216 e. The summed E-state index contributed by atoms with van der Waals surface area (Å²) in [4.78, 5) is 10.6. The van der Waals surface area contributed by atoms with Crippen LogP contribution in [0.25, 0.3) is 6.08 Å². The van der Waals surface area contributed by atoms with Gasteiger partial charge in [-0.3, -0.25) is 4.79 Å². The van der Waals surface area contributed by atoms with Gasteiger partial charge in [0.25, 0.3) is 0 Å². The fourth-order valence-corrected chi connectivity index (χ4v) is 1.22. The molecule has 0 aliphatic heterocycles. The van der Waals surface area contributed by atoms with Gasteiger partial charge >= 0.3 is 0 Å². The number of carbonyl (C=O) groups excluding carboxylic acids is 1. The van der Waals surface area contributed by atoms with Crippen LogP contribution in [0.5, 0.6) is 5.75 Å². The molecule has 0 saturated heterocycles. The van der Waals surface area contributed by atoms with Gasteiger partial charge in [0.2, 0.25) is 5.91 Å². The average molecular weight is 220 g/mol. The number of hydrogen-bond donors (Lipinski definition) is 3. The third kappa shape index (κ3) is 4.04. The van der Waals surface area contributed by atoms with Gasteiger partial charge in [-0.05, 0) is 24.1 Å². The van der Waals surface area contributed by atoms with Gasteiger partial charge in [0.05, 0.1) is 5.69 Å². The summed E-state index contributed by atoms with van der Waals surface area (Å²) in [7, 11) is 0. The highest BCUT2D eigenvalue weighted by atomic mass is 16.3. The minimum Gasteiger partial charge on any atom is -0.506 e. The van der Waals surface area contributed by atoms with Crippen LogP contribution in [-0.2, 0) is 4.79 Å². The molecule has 1 aromatic carbocycles. The van der Waals surface area contributed by atoms with Gasteiger partial charge in [0, 0.05) is 13.5 Å². The number of nitrogen functional groups attached to an aromatic ring is 1. The van der Waals surface area contributed by atoms with E-state index in [0.717, 1.165) is 12.0 Å². The second kappa shape index (κ2) is 5.80. The van der Waals surface area contributed by atoms with Crippen molar-refractivity contribution in [2.45, 2.75) is 13.3 Å². The van der Waals surface area contributed by atoms with Crippen molar-refractivity contribution in [3.8, 4) is 5.75 Å². The molecule has 0 aliphatic carbocycles. The van der Waals surface area contributed by atoms with Crippen molar-refractivity contribution in [1.29, 1.82) is 0 Å². The normalized spacial score (nSPS) is 10.6. The summed E-state index contributed by atoms with van der Waals surface area (Å²) < 4.78 is 0. The Morgan fingerprint density at radius 3 is 2.94 bits per heavy atom. The third-order valence-electron chi connectivity index (χ3n) is 2.05. The van der Waals surface area contributed by atoms with E-state index in [4.69, 9.17) is 5.73 Å². The number of phenols is 1. The fourth-order valence-electron chi connectivity index (χ4n) is 1.22. The van der Waals surface area contributed by atoms with Crippen LogP contribution in [0, 0.1) is 0 Å². The quantitative estimate of drug-likeness (QED) is 0.409. The lowest BCUT2D eigenvalue weighted by molar-refractivity contribution is -0.118. The summed E-state index contributed by atoms with van der Waals surface area (Å²) in [6.45, 7) is 2.11. The van der Waals surface area contributed by atoms with Crippen molar-refractivity contribution in [1.82, 2.24) is 5.32 Å². The molecule has 1 rings (SSSR count). The predicted octanol–water partition coefficient (Wildman–Crippen LogP) is 1.51. The lowest BCUT2D eigenvalue weighted by Gasteiger charge is -2.00. The molecule has 1 aromatic rings. The Labute approximate surface area is 94.8 Å². The lowest BCUT2D eigenvalue weighted by atomic mass is 10.1. The highest BCUT2D eigenvalue weighted by Crippen LogP contribution is 2.21. The number of phenolic OH excluding ortho intramolecular Hbond substituents is 1. The summed E-state index contributed by atoms with van der Waals surface area (Å²) in [5.74, 6) is 0.0579. The SMILES string of the molecule is CC(=O)NCCC=Cc1ccc(N)c(O)c1. The zero-order valence-corrected chi connectivity index (χ0v) is 9.23.